The lowest BCUT2D eigenvalue weighted by atomic mass is 10.1. The van der Waals surface area contributed by atoms with Crippen LogP contribution in [0.5, 0.6) is 11.5 Å². The van der Waals surface area contributed by atoms with E-state index in [0.717, 1.165) is 33.7 Å². The topological polar surface area (TPSA) is 31.4 Å². The summed E-state index contributed by atoms with van der Waals surface area (Å²) >= 11 is 0. The Bertz CT molecular complexity index is 768. The highest BCUT2D eigenvalue weighted by Crippen LogP contribution is 2.35. The predicted octanol–water partition coefficient (Wildman–Crippen LogP) is 3.43. The van der Waals surface area contributed by atoms with Crippen molar-refractivity contribution in [1.29, 1.82) is 0 Å². The number of ether oxygens (including phenoxy) is 2. The lowest BCUT2D eigenvalue weighted by Gasteiger charge is -2.04. The third kappa shape index (κ3) is 1.71. The summed E-state index contributed by atoms with van der Waals surface area (Å²) in [5, 5.41) is 1.09. The van der Waals surface area contributed by atoms with Crippen molar-refractivity contribution in [2.24, 2.45) is 0 Å². The molecule has 4 rings (SSSR count). The van der Waals surface area contributed by atoms with Crippen LogP contribution < -0.4 is 9.47 Å². The highest BCUT2D eigenvalue weighted by molar-refractivity contribution is 5.81. The molecule has 1 aliphatic heterocycles. The summed E-state index contributed by atoms with van der Waals surface area (Å²) in [4.78, 5) is 4.62. The number of para-hydroxylation sites is 1. The predicted molar refractivity (Wildman–Crippen MR) is 72.1 cm³/mol. The van der Waals surface area contributed by atoms with Gasteiger partial charge in [0, 0.05) is 17.0 Å². The van der Waals surface area contributed by atoms with Gasteiger partial charge in [-0.05, 0) is 24.3 Å². The maximum absolute atomic E-state index is 5.39. The average Bonchev–Trinajstić information content (AvgIpc) is 2.94. The van der Waals surface area contributed by atoms with Crippen molar-refractivity contribution in [1.82, 2.24) is 4.98 Å². The van der Waals surface area contributed by atoms with E-state index >= 15 is 0 Å². The SMILES string of the molecule is [c]1cccc2ccc(-c3ccc4c(c3)OCO4)nc12. The quantitative estimate of drug-likeness (QED) is 0.661. The number of nitrogens with zero attached hydrogens (tertiary/aromatic N) is 1. The minimum Gasteiger partial charge on any atom is -0.454 e. The van der Waals surface area contributed by atoms with Crippen molar-refractivity contribution in [2.75, 3.05) is 6.79 Å². The summed E-state index contributed by atoms with van der Waals surface area (Å²) in [7, 11) is 0. The molecule has 0 bridgehead atoms. The lowest BCUT2D eigenvalue weighted by Crippen LogP contribution is -1.92. The smallest absolute Gasteiger partial charge is 0.231 e. The highest BCUT2D eigenvalue weighted by atomic mass is 16.7. The Hall–Kier alpha value is -2.55. The molecular formula is C16H10NO2. The summed E-state index contributed by atoms with van der Waals surface area (Å²) in [6, 6.07) is 18.9. The van der Waals surface area contributed by atoms with E-state index in [1.807, 2.05) is 42.5 Å². The minimum atomic E-state index is 0.289. The number of fused-ring (bicyclic) bond motifs is 2. The number of rotatable bonds is 1. The van der Waals surface area contributed by atoms with Crippen LogP contribution in [0.25, 0.3) is 22.2 Å². The van der Waals surface area contributed by atoms with Crippen LogP contribution in [0, 0.1) is 6.07 Å². The Morgan fingerprint density at radius 3 is 2.95 bits per heavy atom. The number of aromatic nitrogens is 1. The van der Waals surface area contributed by atoms with Crippen molar-refractivity contribution < 1.29 is 9.47 Å². The van der Waals surface area contributed by atoms with Crippen LogP contribution in [-0.2, 0) is 0 Å². The molecule has 1 radical (unpaired) electrons. The summed E-state index contributed by atoms with van der Waals surface area (Å²) in [5.41, 5.74) is 2.80. The molecule has 0 saturated heterocycles. The fourth-order valence-corrected chi connectivity index (χ4v) is 2.22. The van der Waals surface area contributed by atoms with E-state index in [4.69, 9.17) is 9.47 Å². The van der Waals surface area contributed by atoms with Gasteiger partial charge in [-0.2, -0.15) is 0 Å². The van der Waals surface area contributed by atoms with E-state index in [2.05, 4.69) is 17.1 Å². The minimum absolute atomic E-state index is 0.289. The number of hydrogen-bond acceptors (Lipinski definition) is 3. The molecule has 0 unspecified atom stereocenters. The van der Waals surface area contributed by atoms with Crippen LogP contribution in [0.4, 0.5) is 0 Å². The first kappa shape index (κ1) is 10.4. The van der Waals surface area contributed by atoms with Gasteiger partial charge in [-0.15, -0.1) is 0 Å². The van der Waals surface area contributed by atoms with E-state index in [9.17, 15) is 0 Å². The van der Waals surface area contributed by atoms with Gasteiger partial charge in [0.1, 0.15) is 0 Å². The van der Waals surface area contributed by atoms with E-state index in [-0.39, 0.29) is 6.79 Å². The molecular weight excluding hydrogens is 238 g/mol. The molecule has 91 valence electrons. The van der Waals surface area contributed by atoms with Crippen LogP contribution in [0.15, 0.2) is 48.5 Å². The molecule has 0 fully saturated rings. The summed E-state index contributed by atoms with van der Waals surface area (Å²) in [6.45, 7) is 0.289. The van der Waals surface area contributed by atoms with Gasteiger partial charge >= 0.3 is 0 Å². The molecule has 0 saturated carbocycles. The molecule has 1 aromatic heterocycles. The monoisotopic (exact) mass is 248 g/mol. The van der Waals surface area contributed by atoms with Crippen LogP contribution in [0.3, 0.4) is 0 Å². The first-order chi connectivity index (χ1) is 9.40. The van der Waals surface area contributed by atoms with E-state index in [1.165, 1.54) is 0 Å². The Labute approximate surface area is 110 Å². The van der Waals surface area contributed by atoms with Gasteiger partial charge in [0.2, 0.25) is 6.79 Å². The lowest BCUT2D eigenvalue weighted by molar-refractivity contribution is 0.174. The zero-order valence-corrected chi connectivity index (χ0v) is 10.1. The molecule has 3 aromatic rings. The standard InChI is InChI=1S/C16H10NO2/c1-2-4-13-11(3-1)5-7-14(17-13)12-6-8-15-16(9-12)19-10-18-15/h1-3,5-9H,10H2. The molecule has 3 heteroatoms. The molecule has 0 atom stereocenters. The Balaban J connectivity index is 1.85. The second kappa shape index (κ2) is 3.99. The second-order valence-corrected chi connectivity index (χ2v) is 4.37. The van der Waals surface area contributed by atoms with Gasteiger partial charge in [-0.3, -0.25) is 0 Å². The maximum atomic E-state index is 5.39. The third-order valence-corrected chi connectivity index (χ3v) is 3.19. The molecule has 2 heterocycles. The van der Waals surface area contributed by atoms with Crippen molar-refractivity contribution in [3.63, 3.8) is 0 Å². The molecule has 0 aliphatic carbocycles. The number of benzene rings is 2. The second-order valence-electron chi connectivity index (χ2n) is 4.37. The zero-order chi connectivity index (χ0) is 12.7. The van der Waals surface area contributed by atoms with Gasteiger partial charge in [0.15, 0.2) is 11.5 Å². The van der Waals surface area contributed by atoms with Crippen molar-refractivity contribution >= 4 is 10.9 Å². The molecule has 0 N–H and O–H groups in total. The van der Waals surface area contributed by atoms with Crippen molar-refractivity contribution in [3.8, 4) is 22.8 Å². The maximum Gasteiger partial charge on any atom is 0.231 e. The molecule has 0 spiro atoms. The molecule has 0 amide bonds. The normalized spacial score (nSPS) is 12.8. The van der Waals surface area contributed by atoms with Crippen LogP contribution >= 0.6 is 0 Å². The van der Waals surface area contributed by atoms with Gasteiger partial charge in [0.05, 0.1) is 11.2 Å². The summed E-state index contributed by atoms with van der Waals surface area (Å²) in [5.74, 6) is 1.56. The zero-order valence-electron chi connectivity index (χ0n) is 10.1. The summed E-state index contributed by atoms with van der Waals surface area (Å²) in [6.07, 6.45) is 0. The van der Waals surface area contributed by atoms with E-state index < -0.39 is 0 Å². The molecule has 19 heavy (non-hydrogen) atoms. The first-order valence-corrected chi connectivity index (χ1v) is 6.08. The van der Waals surface area contributed by atoms with Crippen LogP contribution in [0.1, 0.15) is 0 Å². The molecule has 3 nitrogen and oxygen atoms in total. The van der Waals surface area contributed by atoms with Crippen LogP contribution in [-0.4, -0.2) is 11.8 Å². The first-order valence-electron chi connectivity index (χ1n) is 6.08. The molecule has 2 aromatic carbocycles. The van der Waals surface area contributed by atoms with Crippen molar-refractivity contribution in [2.45, 2.75) is 0 Å². The fraction of sp³-hybridized carbons (Fsp3) is 0.0625. The Kier molecular flexibility index (Phi) is 2.18. The van der Waals surface area contributed by atoms with Gasteiger partial charge < -0.3 is 9.47 Å². The number of pyridine rings is 1. The van der Waals surface area contributed by atoms with E-state index in [1.54, 1.807) is 0 Å². The summed E-state index contributed by atoms with van der Waals surface area (Å²) < 4.78 is 10.7. The van der Waals surface area contributed by atoms with Crippen LogP contribution in [0.2, 0.25) is 0 Å². The van der Waals surface area contributed by atoms with E-state index in [0.29, 0.717) is 0 Å². The fourth-order valence-electron chi connectivity index (χ4n) is 2.22. The van der Waals surface area contributed by atoms with Gasteiger partial charge in [-0.1, -0.05) is 24.3 Å². The van der Waals surface area contributed by atoms with Gasteiger partial charge in [0.25, 0.3) is 0 Å². The number of hydrogen-bond donors (Lipinski definition) is 0. The Morgan fingerprint density at radius 1 is 1.00 bits per heavy atom. The third-order valence-electron chi connectivity index (χ3n) is 3.19. The van der Waals surface area contributed by atoms with Crippen molar-refractivity contribution in [3.05, 3.63) is 54.6 Å². The van der Waals surface area contributed by atoms with Gasteiger partial charge in [-0.25, -0.2) is 4.98 Å². The highest BCUT2D eigenvalue weighted by Gasteiger charge is 2.14. The average molecular weight is 248 g/mol. The molecule has 1 aliphatic rings. The largest absolute Gasteiger partial charge is 0.454 e. The Morgan fingerprint density at radius 2 is 1.95 bits per heavy atom.